The van der Waals surface area contributed by atoms with E-state index in [0.717, 1.165) is 18.0 Å². The zero-order valence-corrected chi connectivity index (χ0v) is 14.3. The molecule has 0 spiro atoms. The number of carbonyl (C=O) groups excluding carboxylic acids is 1. The van der Waals surface area contributed by atoms with Gasteiger partial charge in [-0.2, -0.15) is 0 Å². The zero-order valence-electron chi connectivity index (χ0n) is 13.5. The van der Waals surface area contributed by atoms with Gasteiger partial charge in [0.15, 0.2) is 0 Å². The monoisotopic (exact) mass is 324 g/mol. The molecule has 1 amide bonds. The lowest BCUT2D eigenvalue weighted by Gasteiger charge is -2.28. The number of nitrogens with two attached hydrogens (primary N) is 1. The number of carbonyl (C=O) groups is 1. The number of benzene rings is 1. The second-order valence-electron chi connectivity index (χ2n) is 6.34. The number of nitrogens with one attached hydrogen (secondary N) is 1. The molecule has 1 aromatic rings. The summed E-state index contributed by atoms with van der Waals surface area (Å²) in [7, 11) is 0. The lowest BCUT2D eigenvalue weighted by atomic mass is 9.81. The van der Waals surface area contributed by atoms with E-state index in [-0.39, 0.29) is 18.3 Å². The van der Waals surface area contributed by atoms with Crippen molar-refractivity contribution >= 4 is 18.3 Å². The van der Waals surface area contributed by atoms with Gasteiger partial charge in [0.05, 0.1) is 6.04 Å². The molecule has 0 saturated heterocycles. The van der Waals surface area contributed by atoms with Crippen LogP contribution in [0.4, 0.5) is 0 Å². The van der Waals surface area contributed by atoms with Crippen LogP contribution in [0.5, 0.6) is 0 Å². The summed E-state index contributed by atoms with van der Waals surface area (Å²) >= 11 is 0. The third-order valence-corrected chi connectivity index (χ3v) is 4.74. The second kappa shape index (κ2) is 9.86. The number of amides is 1. The molecule has 0 heterocycles. The highest BCUT2D eigenvalue weighted by Gasteiger charge is 2.21. The molecule has 0 bridgehead atoms. The Morgan fingerprint density at radius 2 is 1.77 bits per heavy atom. The molecule has 1 saturated carbocycles. The van der Waals surface area contributed by atoms with E-state index >= 15 is 0 Å². The zero-order chi connectivity index (χ0) is 15.1. The molecular formula is C18H29ClN2O. The molecule has 1 fully saturated rings. The van der Waals surface area contributed by atoms with Crippen molar-refractivity contribution in [2.24, 2.45) is 17.6 Å². The molecule has 1 atom stereocenters. The van der Waals surface area contributed by atoms with Gasteiger partial charge in [-0.1, -0.05) is 56.5 Å². The molecule has 0 aromatic heterocycles. The Labute approximate surface area is 140 Å². The van der Waals surface area contributed by atoms with E-state index in [0.29, 0.717) is 12.3 Å². The van der Waals surface area contributed by atoms with Crippen molar-refractivity contribution in [2.45, 2.75) is 51.5 Å². The quantitative estimate of drug-likeness (QED) is 0.843. The molecule has 1 unspecified atom stereocenters. The average Bonchev–Trinajstić information content (AvgIpc) is 2.54. The van der Waals surface area contributed by atoms with Crippen molar-refractivity contribution in [1.29, 1.82) is 0 Å². The number of halogens is 1. The van der Waals surface area contributed by atoms with Gasteiger partial charge in [0, 0.05) is 6.54 Å². The molecular weight excluding hydrogens is 296 g/mol. The first-order valence-electron chi connectivity index (χ1n) is 8.26. The number of rotatable bonds is 6. The van der Waals surface area contributed by atoms with Gasteiger partial charge in [-0.25, -0.2) is 0 Å². The van der Waals surface area contributed by atoms with Gasteiger partial charge < -0.3 is 11.1 Å². The van der Waals surface area contributed by atoms with E-state index in [1.807, 2.05) is 30.3 Å². The SMILES string of the molecule is CCC1CCC(CNC(=O)C(N)Cc2ccccc2)CC1.Cl. The Bertz CT molecular complexity index is 430. The Kier molecular flexibility index (Phi) is 8.51. The topological polar surface area (TPSA) is 55.1 Å². The Hall–Kier alpha value is -1.06. The second-order valence-corrected chi connectivity index (χ2v) is 6.34. The predicted molar refractivity (Wildman–Crippen MR) is 94.1 cm³/mol. The van der Waals surface area contributed by atoms with Crippen LogP contribution in [0.1, 0.15) is 44.6 Å². The Morgan fingerprint density at radius 1 is 1.18 bits per heavy atom. The van der Waals surface area contributed by atoms with E-state index in [1.165, 1.54) is 32.1 Å². The molecule has 0 radical (unpaired) electrons. The largest absolute Gasteiger partial charge is 0.354 e. The minimum absolute atomic E-state index is 0. The van der Waals surface area contributed by atoms with Crippen LogP contribution in [0.25, 0.3) is 0 Å². The van der Waals surface area contributed by atoms with Crippen molar-refractivity contribution < 1.29 is 4.79 Å². The lowest BCUT2D eigenvalue weighted by Crippen LogP contribution is -2.44. The van der Waals surface area contributed by atoms with Crippen LogP contribution in [-0.4, -0.2) is 18.5 Å². The standard InChI is InChI=1S/C18H28N2O.ClH/c1-2-14-8-10-16(11-9-14)13-20-18(21)17(19)12-15-6-4-3-5-7-15;/h3-7,14,16-17H,2,8-13,19H2,1H3,(H,20,21);1H. The summed E-state index contributed by atoms with van der Waals surface area (Å²) in [6.45, 7) is 3.06. The van der Waals surface area contributed by atoms with Crippen LogP contribution in [0.2, 0.25) is 0 Å². The lowest BCUT2D eigenvalue weighted by molar-refractivity contribution is -0.122. The molecule has 4 heteroatoms. The third kappa shape index (κ3) is 5.98. The van der Waals surface area contributed by atoms with E-state index in [4.69, 9.17) is 5.73 Å². The molecule has 2 rings (SSSR count). The summed E-state index contributed by atoms with van der Waals surface area (Å²) < 4.78 is 0. The molecule has 0 aliphatic heterocycles. The van der Waals surface area contributed by atoms with Gasteiger partial charge in [-0.15, -0.1) is 12.4 Å². The summed E-state index contributed by atoms with van der Waals surface area (Å²) in [4.78, 5) is 12.1. The Morgan fingerprint density at radius 3 is 2.36 bits per heavy atom. The first-order valence-corrected chi connectivity index (χ1v) is 8.26. The summed E-state index contributed by atoms with van der Waals surface area (Å²) in [5.74, 6) is 1.52. The molecule has 1 aliphatic rings. The number of hydrogen-bond acceptors (Lipinski definition) is 2. The predicted octanol–water partition coefficient (Wildman–Crippen LogP) is 3.31. The molecule has 1 aliphatic carbocycles. The summed E-state index contributed by atoms with van der Waals surface area (Å²) in [6.07, 6.45) is 7.01. The maximum atomic E-state index is 12.1. The maximum Gasteiger partial charge on any atom is 0.237 e. The van der Waals surface area contributed by atoms with E-state index in [1.54, 1.807) is 0 Å². The maximum absolute atomic E-state index is 12.1. The minimum atomic E-state index is -0.445. The Balaban J connectivity index is 0.00000242. The van der Waals surface area contributed by atoms with Gasteiger partial charge in [0.25, 0.3) is 0 Å². The van der Waals surface area contributed by atoms with Crippen molar-refractivity contribution in [2.75, 3.05) is 6.54 Å². The van der Waals surface area contributed by atoms with Crippen LogP contribution < -0.4 is 11.1 Å². The fraction of sp³-hybridized carbons (Fsp3) is 0.611. The highest BCUT2D eigenvalue weighted by Crippen LogP contribution is 2.30. The fourth-order valence-electron chi connectivity index (χ4n) is 3.18. The van der Waals surface area contributed by atoms with Crippen LogP contribution in [0.3, 0.4) is 0 Å². The van der Waals surface area contributed by atoms with E-state index < -0.39 is 6.04 Å². The average molecular weight is 325 g/mol. The van der Waals surface area contributed by atoms with Gasteiger partial charge in [-0.3, -0.25) is 4.79 Å². The number of hydrogen-bond donors (Lipinski definition) is 2. The molecule has 3 N–H and O–H groups in total. The van der Waals surface area contributed by atoms with E-state index in [9.17, 15) is 4.79 Å². The van der Waals surface area contributed by atoms with Gasteiger partial charge in [-0.05, 0) is 36.7 Å². The summed E-state index contributed by atoms with van der Waals surface area (Å²) in [5.41, 5.74) is 7.11. The smallest absolute Gasteiger partial charge is 0.237 e. The van der Waals surface area contributed by atoms with Crippen LogP contribution in [-0.2, 0) is 11.2 Å². The fourth-order valence-corrected chi connectivity index (χ4v) is 3.18. The molecule has 22 heavy (non-hydrogen) atoms. The van der Waals surface area contributed by atoms with Crippen LogP contribution in [0.15, 0.2) is 30.3 Å². The van der Waals surface area contributed by atoms with E-state index in [2.05, 4.69) is 12.2 Å². The minimum Gasteiger partial charge on any atom is -0.354 e. The highest BCUT2D eigenvalue weighted by atomic mass is 35.5. The van der Waals surface area contributed by atoms with Crippen molar-refractivity contribution in [3.63, 3.8) is 0 Å². The first-order chi connectivity index (χ1) is 10.2. The van der Waals surface area contributed by atoms with Crippen molar-refractivity contribution in [3.8, 4) is 0 Å². The van der Waals surface area contributed by atoms with Crippen molar-refractivity contribution in [3.05, 3.63) is 35.9 Å². The van der Waals surface area contributed by atoms with Crippen LogP contribution >= 0.6 is 12.4 Å². The van der Waals surface area contributed by atoms with Crippen molar-refractivity contribution in [1.82, 2.24) is 5.32 Å². The van der Waals surface area contributed by atoms with Crippen LogP contribution in [0, 0.1) is 11.8 Å². The third-order valence-electron chi connectivity index (χ3n) is 4.74. The molecule has 1 aromatic carbocycles. The summed E-state index contributed by atoms with van der Waals surface area (Å²) in [5, 5.41) is 3.04. The van der Waals surface area contributed by atoms with Gasteiger partial charge in [0.2, 0.25) is 5.91 Å². The molecule has 3 nitrogen and oxygen atoms in total. The van der Waals surface area contributed by atoms with Gasteiger partial charge >= 0.3 is 0 Å². The van der Waals surface area contributed by atoms with Gasteiger partial charge in [0.1, 0.15) is 0 Å². The summed E-state index contributed by atoms with van der Waals surface area (Å²) in [6, 6.07) is 9.51. The first kappa shape index (κ1) is 19.0. The molecule has 124 valence electrons. The highest BCUT2D eigenvalue weighted by molar-refractivity contribution is 5.85. The normalized spacial score (nSPS) is 22.5.